The van der Waals surface area contributed by atoms with Crippen LogP contribution in [-0.4, -0.2) is 47.3 Å². The fourth-order valence-electron chi connectivity index (χ4n) is 3.86. The Bertz CT molecular complexity index is 870. The lowest BCUT2D eigenvalue weighted by molar-refractivity contribution is -0.144. The minimum absolute atomic E-state index is 0.0140. The van der Waals surface area contributed by atoms with Crippen LogP contribution >= 0.6 is 0 Å². The van der Waals surface area contributed by atoms with Gasteiger partial charge in [-0.2, -0.15) is 0 Å². The molecular weight excluding hydrogens is 328 g/mol. The Labute approximate surface area is 143 Å². The van der Waals surface area contributed by atoms with Crippen molar-refractivity contribution < 1.29 is 18.4 Å². The molecule has 25 heavy (non-hydrogen) atoms. The van der Waals surface area contributed by atoms with Gasteiger partial charge in [0, 0.05) is 31.1 Å². The largest absolute Gasteiger partial charge is 0.356 e. The summed E-state index contributed by atoms with van der Waals surface area (Å²) in [5.74, 6) is -3.99. The Kier molecular flexibility index (Phi) is 3.49. The van der Waals surface area contributed by atoms with Crippen LogP contribution in [0, 0.1) is 5.41 Å². The lowest BCUT2D eigenvalue weighted by atomic mass is 9.77. The third-order valence-electron chi connectivity index (χ3n) is 5.01. The molecule has 2 aliphatic rings. The average Bonchev–Trinajstić information content (AvgIpc) is 2.91. The van der Waals surface area contributed by atoms with Crippen molar-refractivity contribution in [3.05, 3.63) is 42.1 Å². The number of carbonyl (C=O) groups is 2. The number of carbonyl (C=O) groups excluding carboxylic acids is 2. The first kappa shape index (κ1) is 15.9. The Balaban J connectivity index is 1.67. The Morgan fingerprint density at radius 2 is 2.04 bits per heavy atom. The number of rotatable bonds is 1. The molecule has 1 N–H and O–H groups in total. The highest BCUT2D eigenvalue weighted by Crippen LogP contribution is 2.43. The van der Waals surface area contributed by atoms with E-state index in [0.29, 0.717) is 13.0 Å². The van der Waals surface area contributed by atoms with E-state index in [2.05, 4.69) is 10.3 Å². The summed E-state index contributed by atoms with van der Waals surface area (Å²) < 4.78 is 28.5. The number of hydrogen-bond acceptors (Lipinski definition) is 3. The van der Waals surface area contributed by atoms with Crippen molar-refractivity contribution in [1.82, 2.24) is 15.2 Å². The van der Waals surface area contributed by atoms with Crippen molar-refractivity contribution in [2.45, 2.75) is 18.8 Å². The van der Waals surface area contributed by atoms with Crippen LogP contribution in [0.4, 0.5) is 8.78 Å². The third kappa shape index (κ3) is 2.73. The van der Waals surface area contributed by atoms with Gasteiger partial charge in [-0.15, -0.1) is 0 Å². The highest BCUT2D eigenvalue weighted by Gasteiger charge is 2.55. The van der Waals surface area contributed by atoms with E-state index in [1.807, 2.05) is 24.3 Å². The number of nitrogens with one attached hydrogen (secondary N) is 1. The first-order valence-corrected chi connectivity index (χ1v) is 8.19. The standard InChI is InChI=1S/C18H17F2N3O2/c19-18(20)9-17(5-6-21-16(17)25)10-23(11-18)15(24)13-7-12-3-1-2-4-14(12)22-8-13/h1-4,7-8H,5-6,9-11H2,(H,21,25)/t17-/m0/s1. The van der Waals surface area contributed by atoms with Gasteiger partial charge < -0.3 is 10.2 Å². The number of benzene rings is 1. The van der Waals surface area contributed by atoms with Gasteiger partial charge in [0.2, 0.25) is 5.91 Å². The number of pyridine rings is 1. The molecule has 4 rings (SSSR count). The Morgan fingerprint density at radius 1 is 1.24 bits per heavy atom. The maximum absolute atomic E-state index is 14.3. The summed E-state index contributed by atoms with van der Waals surface area (Å²) in [4.78, 5) is 30.2. The Hall–Kier alpha value is -2.57. The monoisotopic (exact) mass is 345 g/mol. The van der Waals surface area contributed by atoms with E-state index in [-0.39, 0.29) is 18.0 Å². The number of halogens is 2. The molecule has 3 heterocycles. The molecule has 1 aromatic heterocycles. The van der Waals surface area contributed by atoms with Crippen molar-refractivity contribution in [2.75, 3.05) is 19.6 Å². The maximum atomic E-state index is 14.3. The SMILES string of the molecule is O=C(c1cnc2ccccc2c1)N1CC(F)(F)C[C@@]2(CCNC2=O)C1. The first-order valence-electron chi connectivity index (χ1n) is 8.19. The summed E-state index contributed by atoms with van der Waals surface area (Å²) in [5.41, 5.74) is -0.207. The minimum atomic E-state index is -3.08. The highest BCUT2D eigenvalue weighted by atomic mass is 19.3. The summed E-state index contributed by atoms with van der Waals surface area (Å²) in [5, 5.41) is 3.39. The lowest BCUT2D eigenvalue weighted by Crippen LogP contribution is -2.56. The molecule has 1 aromatic carbocycles. The molecule has 0 bridgehead atoms. The van der Waals surface area contributed by atoms with Gasteiger partial charge in [-0.25, -0.2) is 8.78 Å². The molecule has 2 amide bonds. The molecule has 0 saturated carbocycles. The molecule has 2 fully saturated rings. The second-order valence-corrected chi connectivity index (χ2v) is 6.90. The van der Waals surface area contributed by atoms with Gasteiger partial charge in [0.05, 0.1) is 23.0 Å². The van der Waals surface area contributed by atoms with Gasteiger partial charge in [0.15, 0.2) is 0 Å². The molecule has 0 radical (unpaired) electrons. The van der Waals surface area contributed by atoms with Gasteiger partial charge in [-0.05, 0) is 18.6 Å². The van der Waals surface area contributed by atoms with Crippen molar-refractivity contribution in [2.24, 2.45) is 5.41 Å². The fraction of sp³-hybridized carbons (Fsp3) is 0.389. The summed E-state index contributed by atoms with van der Waals surface area (Å²) >= 11 is 0. The number of aromatic nitrogens is 1. The number of para-hydroxylation sites is 1. The molecule has 130 valence electrons. The lowest BCUT2D eigenvalue weighted by Gasteiger charge is -2.42. The van der Waals surface area contributed by atoms with Crippen molar-refractivity contribution in [3.63, 3.8) is 0 Å². The molecule has 1 atom stereocenters. The van der Waals surface area contributed by atoms with Crippen LogP contribution in [0.1, 0.15) is 23.2 Å². The number of amides is 2. The number of fused-ring (bicyclic) bond motifs is 1. The molecule has 7 heteroatoms. The van der Waals surface area contributed by atoms with Crippen molar-refractivity contribution in [1.29, 1.82) is 0 Å². The zero-order valence-corrected chi connectivity index (χ0v) is 13.5. The van der Waals surface area contributed by atoms with E-state index in [9.17, 15) is 18.4 Å². The van der Waals surface area contributed by atoms with Gasteiger partial charge in [0.1, 0.15) is 0 Å². The van der Waals surface area contributed by atoms with E-state index in [1.165, 1.54) is 6.20 Å². The van der Waals surface area contributed by atoms with Gasteiger partial charge in [0.25, 0.3) is 11.8 Å². The molecule has 1 spiro atoms. The number of likely N-dealkylation sites (tertiary alicyclic amines) is 1. The third-order valence-corrected chi connectivity index (χ3v) is 5.01. The summed E-state index contributed by atoms with van der Waals surface area (Å²) in [6, 6.07) is 8.95. The highest BCUT2D eigenvalue weighted by molar-refractivity contribution is 5.98. The summed E-state index contributed by atoms with van der Waals surface area (Å²) in [6.45, 7) is -0.289. The van der Waals surface area contributed by atoms with E-state index >= 15 is 0 Å². The molecular formula is C18H17F2N3O2. The topological polar surface area (TPSA) is 62.3 Å². The second-order valence-electron chi connectivity index (χ2n) is 6.90. The molecule has 0 aliphatic carbocycles. The van der Waals surface area contributed by atoms with Gasteiger partial charge in [-0.3, -0.25) is 14.6 Å². The van der Waals surface area contributed by atoms with E-state index in [1.54, 1.807) is 6.07 Å². The van der Waals surface area contributed by atoms with Crippen LogP contribution in [0.25, 0.3) is 10.9 Å². The summed E-state index contributed by atoms with van der Waals surface area (Å²) in [7, 11) is 0. The predicted octanol–water partition coefficient (Wildman–Crippen LogP) is 2.22. The molecule has 2 aliphatic heterocycles. The average molecular weight is 345 g/mol. The smallest absolute Gasteiger partial charge is 0.266 e. The van der Waals surface area contributed by atoms with Crippen LogP contribution in [0.5, 0.6) is 0 Å². The second kappa shape index (κ2) is 5.47. The van der Waals surface area contributed by atoms with Crippen molar-refractivity contribution >= 4 is 22.7 Å². The molecule has 0 unspecified atom stereocenters. The number of alkyl halides is 2. The quantitative estimate of drug-likeness (QED) is 0.862. The summed E-state index contributed by atoms with van der Waals surface area (Å²) in [6.07, 6.45) is 1.21. The van der Waals surface area contributed by atoms with Crippen LogP contribution < -0.4 is 5.32 Å². The van der Waals surface area contributed by atoms with Crippen molar-refractivity contribution in [3.8, 4) is 0 Å². The van der Waals surface area contributed by atoms with Crippen LogP contribution in [0.2, 0.25) is 0 Å². The number of piperidine rings is 1. The fourth-order valence-corrected chi connectivity index (χ4v) is 3.86. The van der Waals surface area contributed by atoms with E-state index in [0.717, 1.165) is 15.8 Å². The molecule has 5 nitrogen and oxygen atoms in total. The van der Waals surface area contributed by atoms with Gasteiger partial charge >= 0.3 is 0 Å². The maximum Gasteiger partial charge on any atom is 0.266 e. The van der Waals surface area contributed by atoms with Crippen LogP contribution in [-0.2, 0) is 4.79 Å². The minimum Gasteiger partial charge on any atom is -0.356 e. The predicted molar refractivity (Wildman–Crippen MR) is 87.3 cm³/mol. The Morgan fingerprint density at radius 3 is 2.80 bits per heavy atom. The molecule has 2 aromatic rings. The molecule has 2 saturated heterocycles. The van der Waals surface area contributed by atoms with Gasteiger partial charge in [-0.1, -0.05) is 18.2 Å². The zero-order chi connectivity index (χ0) is 17.7. The zero-order valence-electron chi connectivity index (χ0n) is 13.5. The van der Waals surface area contributed by atoms with E-state index in [4.69, 9.17) is 0 Å². The number of hydrogen-bond donors (Lipinski definition) is 1. The van der Waals surface area contributed by atoms with Crippen LogP contribution in [0.3, 0.4) is 0 Å². The first-order chi connectivity index (χ1) is 11.9. The van der Waals surface area contributed by atoms with E-state index < -0.39 is 30.2 Å². The normalized spacial score (nSPS) is 25.4. The number of nitrogens with zero attached hydrogens (tertiary/aromatic N) is 2. The van der Waals surface area contributed by atoms with Crippen LogP contribution in [0.15, 0.2) is 36.5 Å².